The van der Waals surface area contributed by atoms with Crippen molar-refractivity contribution < 1.29 is 13.2 Å². The monoisotopic (exact) mass is 314 g/mol. The zero-order valence-electron chi connectivity index (χ0n) is 8.22. The van der Waals surface area contributed by atoms with Crippen LogP contribution in [0.4, 0.5) is 18.2 Å². The van der Waals surface area contributed by atoms with Gasteiger partial charge in [0.1, 0.15) is 6.04 Å². The number of thiophene rings is 1. The standard InChI is InChI=1S/C9H10BrF3N2S/c10-7-1-2-8(16-7)15-4-3-14-5-6(15)9(11,12)13/h1-2,6,14H,3-5H2. The van der Waals surface area contributed by atoms with Crippen molar-refractivity contribution in [1.82, 2.24) is 5.32 Å². The van der Waals surface area contributed by atoms with Gasteiger partial charge in [-0.2, -0.15) is 13.2 Å². The van der Waals surface area contributed by atoms with Crippen molar-refractivity contribution >= 4 is 32.3 Å². The number of halogens is 4. The fourth-order valence-electron chi connectivity index (χ4n) is 1.72. The first-order valence-corrected chi connectivity index (χ1v) is 6.39. The Hall–Kier alpha value is -0.270. The van der Waals surface area contributed by atoms with Gasteiger partial charge in [-0.25, -0.2) is 0 Å². The van der Waals surface area contributed by atoms with E-state index in [9.17, 15) is 13.2 Å². The summed E-state index contributed by atoms with van der Waals surface area (Å²) < 4.78 is 39.2. The molecule has 2 heterocycles. The van der Waals surface area contributed by atoms with Gasteiger partial charge in [-0.05, 0) is 28.1 Å². The van der Waals surface area contributed by atoms with Gasteiger partial charge in [0.15, 0.2) is 0 Å². The van der Waals surface area contributed by atoms with E-state index in [4.69, 9.17) is 0 Å². The summed E-state index contributed by atoms with van der Waals surface area (Å²) in [6, 6.07) is 2.07. The molecule has 0 amide bonds. The maximum absolute atomic E-state index is 12.8. The van der Waals surface area contributed by atoms with Crippen molar-refractivity contribution in [2.45, 2.75) is 12.2 Å². The Morgan fingerprint density at radius 3 is 2.75 bits per heavy atom. The van der Waals surface area contributed by atoms with Crippen LogP contribution in [0.15, 0.2) is 15.9 Å². The molecule has 1 aromatic heterocycles. The first-order valence-electron chi connectivity index (χ1n) is 4.78. The average Bonchev–Trinajstić information content (AvgIpc) is 2.64. The summed E-state index contributed by atoms with van der Waals surface area (Å²) in [4.78, 5) is 1.42. The van der Waals surface area contributed by atoms with Gasteiger partial charge < -0.3 is 10.2 Å². The summed E-state index contributed by atoms with van der Waals surface area (Å²) in [5.74, 6) is 0. The van der Waals surface area contributed by atoms with E-state index in [-0.39, 0.29) is 6.54 Å². The summed E-state index contributed by atoms with van der Waals surface area (Å²) >= 11 is 4.59. The van der Waals surface area contributed by atoms with Crippen LogP contribution in [0.1, 0.15) is 0 Å². The van der Waals surface area contributed by atoms with Gasteiger partial charge in [-0.1, -0.05) is 0 Å². The zero-order valence-corrected chi connectivity index (χ0v) is 10.6. The Balaban J connectivity index is 2.23. The molecule has 7 heteroatoms. The largest absolute Gasteiger partial charge is 0.410 e. The lowest BCUT2D eigenvalue weighted by Crippen LogP contribution is -2.57. The highest BCUT2D eigenvalue weighted by atomic mass is 79.9. The SMILES string of the molecule is FC(F)(F)C1CNCCN1c1ccc(Br)s1. The molecule has 1 aliphatic heterocycles. The first-order chi connectivity index (χ1) is 7.48. The van der Waals surface area contributed by atoms with Gasteiger partial charge in [-0.15, -0.1) is 11.3 Å². The Kier molecular flexibility index (Phi) is 3.46. The van der Waals surface area contributed by atoms with Gasteiger partial charge in [0.25, 0.3) is 0 Å². The van der Waals surface area contributed by atoms with Crippen LogP contribution in [0, 0.1) is 0 Å². The second-order valence-corrected chi connectivity index (χ2v) is 5.97. The Labute approximate surface area is 104 Å². The van der Waals surface area contributed by atoms with Crippen LogP contribution >= 0.6 is 27.3 Å². The van der Waals surface area contributed by atoms with Crippen molar-refractivity contribution in [1.29, 1.82) is 0 Å². The molecule has 2 rings (SSSR count). The molecular formula is C9H10BrF3N2S. The van der Waals surface area contributed by atoms with E-state index in [0.717, 1.165) is 3.79 Å². The fraction of sp³-hybridized carbons (Fsp3) is 0.556. The summed E-state index contributed by atoms with van der Waals surface area (Å²) in [7, 11) is 0. The highest BCUT2D eigenvalue weighted by Gasteiger charge is 2.45. The summed E-state index contributed by atoms with van der Waals surface area (Å²) in [5, 5.41) is 3.44. The van der Waals surface area contributed by atoms with Crippen LogP contribution in [-0.2, 0) is 0 Å². The van der Waals surface area contributed by atoms with Crippen molar-refractivity contribution in [3.05, 3.63) is 15.9 Å². The minimum atomic E-state index is -4.19. The van der Waals surface area contributed by atoms with Crippen molar-refractivity contribution in [2.75, 3.05) is 24.5 Å². The third-order valence-corrected chi connectivity index (χ3v) is 4.12. The lowest BCUT2D eigenvalue weighted by Gasteiger charge is -2.37. The number of piperazine rings is 1. The smallest absolute Gasteiger partial charge is 0.349 e. The molecule has 16 heavy (non-hydrogen) atoms. The van der Waals surface area contributed by atoms with Gasteiger partial charge in [0, 0.05) is 19.6 Å². The number of alkyl halides is 3. The maximum Gasteiger partial charge on any atom is 0.410 e. The van der Waals surface area contributed by atoms with Crippen LogP contribution < -0.4 is 10.2 Å². The number of nitrogens with one attached hydrogen (secondary N) is 1. The van der Waals surface area contributed by atoms with Gasteiger partial charge in [0.05, 0.1) is 8.79 Å². The molecule has 1 atom stereocenters. The minimum Gasteiger partial charge on any atom is -0.349 e. The Morgan fingerprint density at radius 2 is 2.19 bits per heavy atom. The fourth-order valence-corrected chi connectivity index (χ4v) is 3.16. The van der Waals surface area contributed by atoms with Gasteiger partial charge in [0.2, 0.25) is 0 Å². The van der Waals surface area contributed by atoms with E-state index in [1.54, 1.807) is 12.1 Å². The van der Waals surface area contributed by atoms with Gasteiger partial charge >= 0.3 is 6.18 Å². The van der Waals surface area contributed by atoms with E-state index in [1.165, 1.54) is 16.2 Å². The highest BCUT2D eigenvalue weighted by molar-refractivity contribution is 9.11. The molecule has 0 bridgehead atoms. The summed E-state index contributed by atoms with van der Waals surface area (Å²) in [6.07, 6.45) is -4.19. The number of hydrogen-bond donors (Lipinski definition) is 1. The highest BCUT2D eigenvalue weighted by Crippen LogP contribution is 2.35. The number of rotatable bonds is 1. The van der Waals surface area contributed by atoms with Crippen LogP contribution in [-0.4, -0.2) is 31.9 Å². The second kappa shape index (κ2) is 4.54. The predicted octanol–water partition coefficient (Wildman–Crippen LogP) is 2.85. The normalized spacial score (nSPS) is 22.5. The minimum absolute atomic E-state index is 0.0426. The van der Waals surface area contributed by atoms with E-state index in [1.807, 2.05) is 0 Å². The third-order valence-electron chi connectivity index (χ3n) is 2.46. The molecule has 0 radical (unpaired) electrons. The lowest BCUT2D eigenvalue weighted by atomic mass is 10.2. The van der Waals surface area contributed by atoms with E-state index in [0.29, 0.717) is 18.1 Å². The molecule has 1 aromatic rings. The van der Waals surface area contributed by atoms with Crippen molar-refractivity contribution in [2.24, 2.45) is 0 Å². The predicted molar refractivity (Wildman–Crippen MR) is 62.1 cm³/mol. The van der Waals surface area contributed by atoms with E-state index in [2.05, 4.69) is 21.2 Å². The lowest BCUT2D eigenvalue weighted by molar-refractivity contribution is -0.149. The van der Waals surface area contributed by atoms with Crippen LogP contribution in [0.5, 0.6) is 0 Å². The molecule has 2 nitrogen and oxygen atoms in total. The molecule has 1 aliphatic rings. The van der Waals surface area contributed by atoms with E-state index < -0.39 is 12.2 Å². The topological polar surface area (TPSA) is 15.3 Å². The number of nitrogens with zero attached hydrogens (tertiary/aromatic N) is 1. The molecule has 1 N–H and O–H groups in total. The molecular weight excluding hydrogens is 305 g/mol. The first kappa shape index (κ1) is 12.2. The Morgan fingerprint density at radius 1 is 1.44 bits per heavy atom. The quantitative estimate of drug-likeness (QED) is 0.857. The number of anilines is 1. The van der Waals surface area contributed by atoms with Crippen LogP contribution in [0.3, 0.4) is 0 Å². The Bertz CT molecular complexity index is 366. The summed E-state index contributed by atoms with van der Waals surface area (Å²) in [5.41, 5.74) is 0. The maximum atomic E-state index is 12.8. The molecule has 1 fully saturated rings. The van der Waals surface area contributed by atoms with Crippen molar-refractivity contribution in [3.63, 3.8) is 0 Å². The summed E-state index contributed by atoms with van der Waals surface area (Å²) in [6.45, 7) is 0.929. The molecule has 0 spiro atoms. The third kappa shape index (κ3) is 2.52. The molecule has 0 saturated carbocycles. The average molecular weight is 315 g/mol. The van der Waals surface area contributed by atoms with Crippen LogP contribution in [0.25, 0.3) is 0 Å². The zero-order chi connectivity index (χ0) is 11.8. The molecule has 90 valence electrons. The molecule has 0 aliphatic carbocycles. The van der Waals surface area contributed by atoms with E-state index >= 15 is 0 Å². The van der Waals surface area contributed by atoms with Crippen LogP contribution in [0.2, 0.25) is 0 Å². The number of hydrogen-bond acceptors (Lipinski definition) is 3. The van der Waals surface area contributed by atoms with Gasteiger partial charge in [-0.3, -0.25) is 0 Å². The molecule has 1 unspecified atom stereocenters. The molecule has 1 saturated heterocycles. The molecule has 0 aromatic carbocycles. The second-order valence-electron chi connectivity index (χ2n) is 3.53. The van der Waals surface area contributed by atoms with Crippen molar-refractivity contribution in [3.8, 4) is 0 Å².